The molecule has 0 saturated carbocycles. The van der Waals surface area contributed by atoms with Gasteiger partial charge in [-0.3, -0.25) is 9.48 Å². The molecule has 0 unspecified atom stereocenters. The van der Waals surface area contributed by atoms with E-state index in [1.807, 2.05) is 20.8 Å². The summed E-state index contributed by atoms with van der Waals surface area (Å²) in [6.07, 6.45) is 0. The van der Waals surface area contributed by atoms with Crippen molar-refractivity contribution in [3.8, 4) is 0 Å². The highest BCUT2D eigenvalue weighted by Crippen LogP contribution is 2.27. The maximum absolute atomic E-state index is 12.3. The molecule has 0 aliphatic rings. The predicted octanol–water partition coefficient (Wildman–Crippen LogP) is 3.01. The molecule has 106 valence electrons. The zero-order valence-electron chi connectivity index (χ0n) is 11.7. The number of nitrogen functional groups attached to an aromatic ring is 1. The first kappa shape index (κ1) is 14.4. The Bertz CT molecular complexity index is 663. The van der Waals surface area contributed by atoms with E-state index < -0.39 is 0 Å². The van der Waals surface area contributed by atoms with E-state index in [9.17, 15) is 4.79 Å². The van der Waals surface area contributed by atoms with Gasteiger partial charge in [-0.1, -0.05) is 11.6 Å². The van der Waals surface area contributed by atoms with Crippen molar-refractivity contribution in [1.29, 1.82) is 0 Å². The number of amides is 1. The average molecular weight is 293 g/mol. The fraction of sp³-hybridized carbons (Fsp3) is 0.286. The van der Waals surface area contributed by atoms with E-state index in [4.69, 9.17) is 17.3 Å². The second-order valence-electron chi connectivity index (χ2n) is 4.63. The third-order valence-electron chi connectivity index (χ3n) is 3.03. The molecule has 6 heteroatoms. The summed E-state index contributed by atoms with van der Waals surface area (Å²) in [6.45, 7) is 6.30. The van der Waals surface area contributed by atoms with Gasteiger partial charge in [-0.05, 0) is 44.5 Å². The van der Waals surface area contributed by atoms with Crippen LogP contribution in [0.25, 0.3) is 0 Å². The number of carbonyl (C=O) groups excluding carboxylic acids is 1. The molecule has 0 atom stereocenters. The molecule has 1 amide bonds. The summed E-state index contributed by atoms with van der Waals surface area (Å²) in [5.41, 5.74) is 9.06. The summed E-state index contributed by atoms with van der Waals surface area (Å²) in [6, 6.07) is 5.15. The Hall–Kier alpha value is -2.01. The lowest BCUT2D eigenvalue weighted by Gasteiger charge is -2.11. The van der Waals surface area contributed by atoms with Crippen LogP contribution in [-0.2, 0) is 6.54 Å². The van der Waals surface area contributed by atoms with Gasteiger partial charge < -0.3 is 11.1 Å². The fourth-order valence-corrected chi connectivity index (χ4v) is 2.16. The van der Waals surface area contributed by atoms with Crippen molar-refractivity contribution in [3.63, 3.8) is 0 Å². The number of nitrogens with one attached hydrogen (secondary N) is 1. The number of halogens is 1. The summed E-state index contributed by atoms with van der Waals surface area (Å²) in [4.78, 5) is 12.3. The minimum Gasteiger partial charge on any atom is -0.398 e. The van der Waals surface area contributed by atoms with Gasteiger partial charge in [0, 0.05) is 12.2 Å². The monoisotopic (exact) mass is 292 g/mol. The largest absolute Gasteiger partial charge is 0.398 e. The highest BCUT2D eigenvalue weighted by Gasteiger charge is 2.14. The van der Waals surface area contributed by atoms with Crippen LogP contribution in [0, 0.1) is 13.8 Å². The second kappa shape index (κ2) is 5.54. The molecule has 2 aromatic rings. The number of carbonyl (C=O) groups is 1. The van der Waals surface area contributed by atoms with Crippen molar-refractivity contribution in [2.24, 2.45) is 0 Å². The first-order valence-electron chi connectivity index (χ1n) is 6.33. The number of benzene rings is 1. The van der Waals surface area contributed by atoms with Crippen LogP contribution in [0.15, 0.2) is 18.2 Å². The van der Waals surface area contributed by atoms with Crippen LogP contribution in [0.1, 0.15) is 28.7 Å². The van der Waals surface area contributed by atoms with Crippen LogP contribution in [-0.4, -0.2) is 15.7 Å². The molecule has 1 aromatic heterocycles. The Labute approximate surface area is 122 Å². The lowest BCUT2D eigenvalue weighted by atomic mass is 10.1. The molecule has 5 nitrogen and oxygen atoms in total. The van der Waals surface area contributed by atoms with Gasteiger partial charge in [0.1, 0.15) is 5.69 Å². The number of nitrogens with zero attached hydrogens (tertiary/aromatic N) is 2. The minimum atomic E-state index is -0.212. The van der Waals surface area contributed by atoms with Gasteiger partial charge in [-0.15, -0.1) is 0 Å². The number of nitrogens with two attached hydrogens (primary N) is 1. The van der Waals surface area contributed by atoms with E-state index in [-0.39, 0.29) is 5.91 Å². The zero-order chi connectivity index (χ0) is 14.9. The van der Waals surface area contributed by atoms with Crippen LogP contribution < -0.4 is 11.1 Å². The van der Waals surface area contributed by atoms with Crippen molar-refractivity contribution < 1.29 is 4.79 Å². The average Bonchev–Trinajstić information content (AvgIpc) is 2.77. The van der Waals surface area contributed by atoms with Gasteiger partial charge in [0.2, 0.25) is 0 Å². The van der Waals surface area contributed by atoms with Crippen LogP contribution in [0.5, 0.6) is 0 Å². The molecular formula is C14H17ClN4O. The van der Waals surface area contributed by atoms with E-state index in [0.717, 1.165) is 11.3 Å². The topological polar surface area (TPSA) is 72.9 Å². The molecule has 20 heavy (non-hydrogen) atoms. The van der Waals surface area contributed by atoms with Gasteiger partial charge in [-0.2, -0.15) is 5.10 Å². The van der Waals surface area contributed by atoms with Crippen LogP contribution in [0.3, 0.4) is 0 Å². The van der Waals surface area contributed by atoms with E-state index >= 15 is 0 Å². The Morgan fingerprint density at radius 3 is 2.75 bits per heavy atom. The number of hydrogen-bond acceptors (Lipinski definition) is 3. The highest BCUT2D eigenvalue weighted by molar-refractivity contribution is 6.33. The molecule has 0 fully saturated rings. The molecule has 2 rings (SSSR count). The summed E-state index contributed by atoms with van der Waals surface area (Å²) in [5.74, 6) is -0.212. The number of aryl methyl sites for hydroxylation is 3. The summed E-state index contributed by atoms with van der Waals surface area (Å²) < 4.78 is 1.67. The van der Waals surface area contributed by atoms with Crippen molar-refractivity contribution in [2.45, 2.75) is 27.3 Å². The van der Waals surface area contributed by atoms with E-state index in [1.54, 1.807) is 22.9 Å². The smallest absolute Gasteiger partial charge is 0.273 e. The minimum absolute atomic E-state index is 0.212. The predicted molar refractivity (Wildman–Crippen MR) is 81.2 cm³/mol. The van der Waals surface area contributed by atoms with Crippen molar-refractivity contribution in [1.82, 2.24) is 9.78 Å². The number of hydrogen-bond donors (Lipinski definition) is 2. The molecular weight excluding hydrogens is 276 g/mol. The van der Waals surface area contributed by atoms with Crippen molar-refractivity contribution >= 4 is 28.9 Å². The fourth-order valence-electron chi connectivity index (χ4n) is 1.99. The van der Waals surface area contributed by atoms with E-state index in [2.05, 4.69) is 10.4 Å². The maximum atomic E-state index is 12.3. The SMILES string of the molecule is CCn1nc(C)cc1C(=O)Nc1cc(Cl)c(N)cc1C. The molecule has 0 spiro atoms. The quantitative estimate of drug-likeness (QED) is 0.854. The number of anilines is 2. The molecule has 0 aliphatic heterocycles. The molecule has 0 bridgehead atoms. The lowest BCUT2D eigenvalue weighted by Crippen LogP contribution is -2.18. The molecule has 0 saturated heterocycles. The third-order valence-corrected chi connectivity index (χ3v) is 3.35. The Kier molecular flexibility index (Phi) is 3.99. The first-order valence-corrected chi connectivity index (χ1v) is 6.71. The maximum Gasteiger partial charge on any atom is 0.273 e. The van der Waals surface area contributed by atoms with Gasteiger partial charge in [0.25, 0.3) is 5.91 Å². The van der Waals surface area contributed by atoms with Crippen LogP contribution >= 0.6 is 11.6 Å². The Morgan fingerprint density at radius 1 is 1.40 bits per heavy atom. The van der Waals surface area contributed by atoms with E-state index in [1.165, 1.54) is 0 Å². The van der Waals surface area contributed by atoms with Crippen molar-refractivity contribution in [2.75, 3.05) is 11.1 Å². The molecule has 0 aliphatic carbocycles. The van der Waals surface area contributed by atoms with Crippen molar-refractivity contribution in [3.05, 3.63) is 40.2 Å². The number of aromatic nitrogens is 2. The molecule has 1 aromatic carbocycles. The zero-order valence-corrected chi connectivity index (χ0v) is 12.5. The first-order chi connectivity index (χ1) is 9.42. The summed E-state index contributed by atoms with van der Waals surface area (Å²) in [5, 5.41) is 7.52. The molecule has 1 heterocycles. The third kappa shape index (κ3) is 2.77. The van der Waals surface area contributed by atoms with Gasteiger partial charge in [-0.25, -0.2) is 0 Å². The van der Waals surface area contributed by atoms with Gasteiger partial charge >= 0.3 is 0 Å². The summed E-state index contributed by atoms with van der Waals surface area (Å²) in [7, 11) is 0. The molecule has 3 N–H and O–H groups in total. The normalized spacial score (nSPS) is 10.6. The number of rotatable bonds is 3. The highest BCUT2D eigenvalue weighted by atomic mass is 35.5. The molecule has 0 radical (unpaired) electrons. The van der Waals surface area contributed by atoms with E-state index in [0.29, 0.717) is 28.6 Å². The second-order valence-corrected chi connectivity index (χ2v) is 5.04. The standard InChI is InChI=1S/C14H17ClN4O/c1-4-19-13(6-9(3)18-19)14(20)17-12-7-10(15)11(16)5-8(12)2/h5-7H,4,16H2,1-3H3,(H,17,20). The van der Waals surface area contributed by atoms with Gasteiger partial charge in [0.05, 0.1) is 16.4 Å². The van der Waals surface area contributed by atoms with Gasteiger partial charge in [0.15, 0.2) is 0 Å². The van der Waals surface area contributed by atoms with Crippen LogP contribution in [0.2, 0.25) is 5.02 Å². The Morgan fingerprint density at radius 2 is 2.10 bits per heavy atom. The Balaban J connectivity index is 2.30. The lowest BCUT2D eigenvalue weighted by molar-refractivity contribution is 0.101. The summed E-state index contributed by atoms with van der Waals surface area (Å²) >= 11 is 5.98. The van der Waals surface area contributed by atoms with Crippen LogP contribution in [0.4, 0.5) is 11.4 Å².